The van der Waals surface area contributed by atoms with E-state index in [9.17, 15) is 9.59 Å². The van der Waals surface area contributed by atoms with Crippen LogP contribution in [0.15, 0.2) is 34.1 Å². The molecule has 0 aliphatic carbocycles. The number of anilines is 1. The molecule has 4 N–H and O–H groups in total. The maximum atomic E-state index is 11.3. The summed E-state index contributed by atoms with van der Waals surface area (Å²) in [6, 6.07) is 5.35. The van der Waals surface area contributed by atoms with Crippen LogP contribution >= 0.6 is 0 Å². The van der Waals surface area contributed by atoms with Crippen molar-refractivity contribution in [2.45, 2.75) is 13.5 Å². The van der Waals surface area contributed by atoms with E-state index in [0.717, 1.165) is 17.1 Å². The summed E-state index contributed by atoms with van der Waals surface area (Å²) in [5, 5.41) is 3.22. The summed E-state index contributed by atoms with van der Waals surface area (Å²) >= 11 is 0. The van der Waals surface area contributed by atoms with Gasteiger partial charge in [0.05, 0.1) is 29.6 Å². The molecule has 0 radical (unpaired) electrons. The minimum absolute atomic E-state index is 0.578. The van der Waals surface area contributed by atoms with Crippen LogP contribution in [0.25, 0.3) is 11.0 Å². The van der Waals surface area contributed by atoms with E-state index in [0.29, 0.717) is 17.6 Å². The first kappa shape index (κ1) is 12.2. The molecule has 2 heterocycles. The minimum atomic E-state index is -0.655. The van der Waals surface area contributed by atoms with Gasteiger partial charge in [-0.1, -0.05) is 0 Å². The smallest absolute Gasteiger partial charge is 0.314 e. The lowest BCUT2D eigenvalue weighted by molar-refractivity contribution is 1.05. The van der Waals surface area contributed by atoms with Crippen LogP contribution in [0.5, 0.6) is 0 Å². The second-order valence-electron chi connectivity index (χ2n) is 4.50. The van der Waals surface area contributed by atoms with Gasteiger partial charge in [0.25, 0.3) is 0 Å². The van der Waals surface area contributed by atoms with Gasteiger partial charge in [-0.2, -0.15) is 0 Å². The zero-order valence-electron chi connectivity index (χ0n) is 10.8. The maximum Gasteiger partial charge on any atom is 0.314 e. The van der Waals surface area contributed by atoms with Crippen LogP contribution in [0.1, 0.15) is 11.4 Å². The molecular formula is C13H13N5O2. The maximum absolute atomic E-state index is 11.3. The topological polar surface area (TPSA) is 106 Å². The summed E-state index contributed by atoms with van der Waals surface area (Å²) in [4.78, 5) is 34.8. The Balaban J connectivity index is 1.89. The van der Waals surface area contributed by atoms with Crippen LogP contribution < -0.4 is 16.4 Å². The number of imidazole rings is 1. The molecule has 20 heavy (non-hydrogen) atoms. The molecule has 102 valence electrons. The largest absolute Gasteiger partial charge is 0.379 e. The summed E-state index contributed by atoms with van der Waals surface area (Å²) in [7, 11) is 0. The third-order valence-corrected chi connectivity index (χ3v) is 3.12. The van der Waals surface area contributed by atoms with Crippen LogP contribution in [0.4, 0.5) is 5.69 Å². The van der Waals surface area contributed by atoms with E-state index in [1.54, 1.807) is 18.5 Å². The Kier molecular flexibility index (Phi) is 2.86. The van der Waals surface area contributed by atoms with Crippen molar-refractivity contribution in [3.05, 3.63) is 56.6 Å². The average molecular weight is 271 g/mol. The predicted molar refractivity (Wildman–Crippen MR) is 75.8 cm³/mol. The number of benzene rings is 1. The normalized spacial score (nSPS) is 10.8. The Labute approximate surface area is 113 Å². The Morgan fingerprint density at radius 3 is 2.60 bits per heavy atom. The molecule has 0 saturated carbocycles. The molecule has 1 aromatic carbocycles. The van der Waals surface area contributed by atoms with Crippen molar-refractivity contribution in [1.82, 2.24) is 19.9 Å². The van der Waals surface area contributed by atoms with E-state index in [1.165, 1.54) is 0 Å². The predicted octanol–water partition coefficient (Wildman–Crippen LogP) is 0.860. The third-order valence-electron chi connectivity index (χ3n) is 3.12. The fourth-order valence-electron chi connectivity index (χ4n) is 1.98. The Morgan fingerprint density at radius 2 is 1.90 bits per heavy atom. The standard InChI is InChI=1S/C13H13N5O2/c1-7-11(16-6-15-7)5-14-8-2-3-9-10(4-8)18-13(20)12(19)17-9/h2-4,6,14H,5H2,1H3,(H,15,16)(H,17,19)(H,18,20). The van der Waals surface area contributed by atoms with E-state index in [-0.39, 0.29) is 0 Å². The van der Waals surface area contributed by atoms with Crippen LogP contribution in [0.3, 0.4) is 0 Å². The van der Waals surface area contributed by atoms with Gasteiger partial charge in [0.1, 0.15) is 0 Å². The van der Waals surface area contributed by atoms with Gasteiger partial charge in [-0.3, -0.25) is 9.59 Å². The first-order chi connectivity index (χ1) is 9.63. The number of aryl methyl sites for hydroxylation is 1. The van der Waals surface area contributed by atoms with Crippen LogP contribution in [-0.2, 0) is 6.54 Å². The van der Waals surface area contributed by atoms with E-state index in [4.69, 9.17) is 0 Å². The fraction of sp³-hybridized carbons (Fsp3) is 0.154. The molecule has 7 heteroatoms. The molecular weight excluding hydrogens is 258 g/mol. The van der Waals surface area contributed by atoms with Gasteiger partial charge in [0.2, 0.25) is 0 Å². The van der Waals surface area contributed by atoms with Gasteiger partial charge in [0, 0.05) is 11.4 Å². The van der Waals surface area contributed by atoms with Gasteiger partial charge < -0.3 is 20.3 Å². The van der Waals surface area contributed by atoms with Crippen molar-refractivity contribution < 1.29 is 0 Å². The minimum Gasteiger partial charge on any atom is -0.379 e. The van der Waals surface area contributed by atoms with Crippen LogP contribution in [0, 0.1) is 6.92 Å². The quantitative estimate of drug-likeness (QED) is 0.530. The number of hydrogen-bond acceptors (Lipinski definition) is 4. The molecule has 0 aliphatic heterocycles. The van der Waals surface area contributed by atoms with Crippen LogP contribution in [0.2, 0.25) is 0 Å². The molecule has 3 rings (SSSR count). The molecule has 0 amide bonds. The molecule has 3 aromatic rings. The van der Waals surface area contributed by atoms with E-state index < -0.39 is 11.1 Å². The van der Waals surface area contributed by atoms with Gasteiger partial charge in [-0.15, -0.1) is 0 Å². The highest BCUT2D eigenvalue weighted by molar-refractivity contribution is 5.78. The molecule has 0 unspecified atom stereocenters. The molecule has 0 saturated heterocycles. The van der Waals surface area contributed by atoms with Gasteiger partial charge >= 0.3 is 11.1 Å². The molecule has 2 aromatic heterocycles. The molecule has 0 aliphatic rings. The Morgan fingerprint density at radius 1 is 1.15 bits per heavy atom. The molecule has 0 bridgehead atoms. The fourth-order valence-corrected chi connectivity index (χ4v) is 1.98. The highest BCUT2D eigenvalue weighted by Gasteiger charge is 2.03. The zero-order chi connectivity index (χ0) is 14.1. The van der Waals surface area contributed by atoms with E-state index in [1.807, 2.05) is 13.0 Å². The molecule has 0 atom stereocenters. The average Bonchev–Trinajstić information content (AvgIpc) is 2.83. The number of aromatic nitrogens is 4. The number of H-pyrrole nitrogens is 3. The van der Waals surface area contributed by atoms with E-state index >= 15 is 0 Å². The van der Waals surface area contributed by atoms with E-state index in [2.05, 4.69) is 25.3 Å². The first-order valence-electron chi connectivity index (χ1n) is 6.12. The zero-order valence-corrected chi connectivity index (χ0v) is 10.8. The van der Waals surface area contributed by atoms with Gasteiger partial charge in [-0.05, 0) is 25.1 Å². The second kappa shape index (κ2) is 4.69. The number of nitrogens with zero attached hydrogens (tertiary/aromatic N) is 1. The number of nitrogens with one attached hydrogen (secondary N) is 4. The lowest BCUT2D eigenvalue weighted by atomic mass is 10.2. The second-order valence-corrected chi connectivity index (χ2v) is 4.50. The highest BCUT2D eigenvalue weighted by Crippen LogP contribution is 2.15. The third kappa shape index (κ3) is 2.20. The van der Waals surface area contributed by atoms with Gasteiger partial charge in [0.15, 0.2) is 0 Å². The summed E-state index contributed by atoms with van der Waals surface area (Å²) in [6.07, 6.45) is 1.65. The number of rotatable bonds is 3. The van der Waals surface area contributed by atoms with Crippen molar-refractivity contribution in [2.24, 2.45) is 0 Å². The summed E-state index contributed by atoms with van der Waals surface area (Å²) in [5.74, 6) is 0. The number of hydrogen-bond donors (Lipinski definition) is 4. The van der Waals surface area contributed by atoms with Crippen molar-refractivity contribution in [2.75, 3.05) is 5.32 Å². The Hall–Kier alpha value is -2.83. The number of fused-ring (bicyclic) bond motifs is 1. The monoisotopic (exact) mass is 271 g/mol. The lowest BCUT2D eigenvalue weighted by Gasteiger charge is -2.06. The van der Waals surface area contributed by atoms with Crippen LogP contribution in [-0.4, -0.2) is 19.9 Å². The molecule has 0 spiro atoms. The van der Waals surface area contributed by atoms with Crippen molar-refractivity contribution in [1.29, 1.82) is 0 Å². The highest BCUT2D eigenvalue weighted by atomic mass is 16.2. The van der Waals surface area contributed by atoms with Crippen molar-refractivity contribution in [3.63, 3.8) is 0 Å². The Bertz CT molecular complexity index is 874. The summed E-state index contributed by atoms with van der Waals surface area (Å²) in [5.41, 5.74) is 2.65. The SMILES string of the molecule is Cc1[nH]cnc1CNc1ccc2[nH]c(=O)c(=O)[nH]c2c1. The number of aromatic amines is 3. The summed E-state index contributed by atoms with van der Waals surface area (Å²) in [6.45, 7) is 2.53. The van der Waals surface area contributed by atoms with Crippen molar-refractivity contribution in [3.8, 4) is 0 Å². The molecule has 0 fully saturated rings. The lowest BCUT2D eigenvalue weighted by Crippen LogP contribution is -2.28. The summed E-state index contributed by atoms with van der Waals surface area (Å²) < 4.78 is 0. The molecule has 7 nitrogen and oxygen atoms in total. The van der Waals surface area contributed by atoms with Crippen molar-refractivity contribution >= 4 is 16.7 Å². The van der Waals surface area contributed by atoms with Gasteiger partial charge in [-0.25, -0.2) is 4.98 Å². The first-order valence-corrected chi connectivity index (χ1v) is 6.12.